The maximum atomic E-state index is 8.73. The first kappa shape index (κ1) is 11.4. The summed E-state index contributed by atoms with van der Waals surface area (Å²) in [6.45, 7) is 0.952. The fraction of sp³-hybridized carbons (Fsp3) is 0.455. The van der Waals surface area contributed by atoms with Gasteiger partial charge in [-0.3, -0.25) is 0 Å². The van der Waals surface area contributed by atoms with Gasteiger partial charge in [-0.15, -0.1) is 0 Å². The second-order valence-electron chi connectivity index (χ2n) is 2.96. The predicted molar refractivity (Wildman–Crippen MR) is 61.1 cm³/mol. The summed E-state index contributed by atoms with van der Waals surface area (Å²) in [7, 11) is 0. The Morgan fingerprint density at radius 1 is 1.29 bits per heavy atom. The van der Waals surface area contributed by atoms with Gasteiger partial charge in [-0.05, 0) is 30.4 Å². The van der Waals surface area contributed by atoms with E-state index in [-0.39, 0.29) is 6.61 Å². The van der Waals surface area contributed by atoms with Gasteiger partial charge in [0.15, 0.2) is 0 Å². The summed E-state index contributed by atoms with van der Waals surface area (Å²) in [5, 5.41) is 8.73. The monoisotopic (exact) mass is 212 g/mol. The van der Waals surface area contributed by atoms with Gasteiger partial charge in [0.1, 0.15) is 5.75 Å². The first-order chi connectivity index (χ1) is 6.86. The minimum atomic E-state index is 0.201. The molecule has 1 N–H and O–H groups in total. The number of benzene rings is 1. The van der Waals surface area contributed by atoms with Crippen LogP contribution in [0.1, 0.15) is 5.56 Å². The standard InChI is InChI=1S/C11H16O2S/c1-14-9-8-13-11-4-2-10(3-5-11)6-7-12/h2-5,12H,6-9H2,1H3. The number of hydrogen-bond donors (Lipinski definition) is 1. The highest BCUT2D eigenvalue weighted by molar-refractivity contribution is 7.98. The number of hydrogen-bond acceptors (Lipinski definition) is 3. The van der Waals surface area contributed by atoms with Crippen LogP contribution in [-0.2, 0) is 6.42 Å². The average Bonchev–Trinajstić information content (AvgIpc) is 2.21. The molecule has 0 unspecified atom stereocenters. The smallest absolute Gasteiger partial charge is 0.119 e. The van der Waals surface area contributed by atoms with Crippen LogP contribution in [0.3, 0.4) is 0 Å². The van der Waals surface area contributed by atoms with E-state index in [1.54, 1.807) is 11.8 Å². The summed E-state index contributed by atoms with van der Waals surface area (Å²) in [4.78, 5) is 0. The largest absolute Gasteiger partial charge is 0.493 e. The topological polar surface area (TPSA) is 29.5 Å². The van der Waals surface area contributed by atoms with Gasteiger partial charge in [-0.25, -0.2) is 0 Å². The van der Waals surface area contributed by atoms with Crippen LogP contribution in [0.5, 0.6) is 5.75 Å². The molecule has 2 nitrogen and oxygen atoms in total. The molecule has 0 aromatic heterocycles. The van der Waals surface area contributed by atoms with Crippen LogP contribution in [0, 0.1) is 0 Å². The molecule has 3 heteroatoms. The predicted octanol–water partition coefficient (Wildman–Crippen LogP) is 1.96. The molecular formula is C11H16O2S. The first-order valence-corrected chi connectivity index (χ1v) is 6.07. The van der Waals surface area contributed by atoms with Gasteiger partial charge < -0.3 is 9.84 Å². The minimum absolute atomic E-state index is 0.201. The van der Waals surface area contributed by atoms with E-state index < -0.39 is 0 Å². The Morgan fingerprint density at radius 3 is 2.57 bits per heavy atom. The van der Waals surface area contributed by atoms with Crippen LogP contribution in [0.15, 0.2) is 24.3 Å². The van der Waals surface area contributed by atoms with E-state index in [9.17, 15) is 0 Å². The summed E-state index contributed by atoms with van der Waals surface area (Å²) >= 11 is 1.77. The van der Waals surface area contributed by atoms with Crippen molar-refractivity contribution in [2.24, 2.45) is 0 Å². The van der Waals surface area contributed by atoms with Crippen molar-refractivity contribution in [1.82, 2.24) is 0 Å². The highest BCUT2D eigenvalue weighted by atomic mass is 32.2. The molecular weight excluding hydrogens is 196 g/mol. The average molecular weight is 212 g/mol. The molecule has 0 radical (unpaired) electrons. The zero-order chi connectivity index (χ0) is 10.2. The van der Waals surface area contributed by atoms with Crippen molar-refractivity contribution in [2.45, 2.75) is 6.42 Å². The van der Waals surface area contributed by atoms with E-state index in [1.165, 1.54) is 0 Å². The third kappa shape index (κ3) is 4.03. The number of ether oxygens (including phenoxy) is 1. The molecule has 0 bridgehead atoms. The molecule has 0 heterocycles. The lowest BCUT2D eigenvalue weighted by Gasteiger charge is -2.05. The molecule has 78 valence electrons. The van der Waals surface area contributed by atoms with E-state index in [0.717, 1.165) is 23.7 Å². The zero-order valence-electron chi connectivity index (χ0n) is 8.40. The lowest BCUT2D eigenvalue weighted by molar-refractivity contribution is 0.299. The molecule has 14 heavy (non-hydrogen) atoms. The Bertz CT molecular complexity index is 246. The first-order valence-electron chi connectivity index (χ1n) is 4.68. The van der Waals surface area contributed by atoms with Gasteiger partial charge in [0.25, 0.3) is 0 Å². The molecule has 0 saturated heterocycles. The van der Waals surface area contributed by atoms with Crippen LogP contribution in [0.2, 0.25) is 0 Å². The van der Waals surface area contributed by atoms with Gasteiger partial charge in [0.05, 0.1) is 6.61 Å². The Morgan fingerprint density at radius 2 is 2.00 bits per heavy atom. The summed E-state index contributed by atoms with van der Waals surface area (Å²) in [6, 6.07) is 7.88. The Hall–Kier alpha value is -0.670. The summed E-state index contributed by atoms with van der Waals surface area (Å²) < 4.78 is 5.50. The van der Waals surface area contributed by atoms with Gasteiger partial charge in [0.2, 0.25) is 0 Å². The van der Waals surface area contributed by atoms with Crippen molar-refractivity contribution in [1.29, 1.82) is 0 Å². The molecule has 0 atom stereocenters. The SMILES string of the molecule is CSCCOc1ccc(CCO)cc1. The van der Waals surface area contributed by atoms with Crippen molar-refractivity contribution >= 4 is 11.8 Å². The number of aliphatic hydroxyl groups is 1. The van der Waals surface area contributed by atoms with Crippen LogP contribution in [-0.4, -0.2) is 30.3 Å². The maximum Gasteiger partial charge on any atom is 0.119 e. The second-order valence-corrected chi connectivity index (χ2v) is 3.94. The maximum absolute atomic E-state index is 8.73. The molecule has 1 rings (SSSR count). The lowest BCUT2D eigenvalue weighted by atomic mass is 10.1. The fourth-order valence-corrected chi connectivity index (χ4v) is 1.37. The van der Waals surface area contributed by atoms with Crippen LogP contribution in [0.25, 0.3) is 0 Å². The van der Waals surface area contributed by atoms with E-state index >= 15 is 0 Å². The summed E-state index contributed by atoms with van der Waals surface area (Å²) in [6.07, 6.45) is 2.78. The van der Waals surface area contributed by atoms with Gasteiger partial charge in [-0.2, -0.15) is 11.8 Å². The third-order valence-corrected chi connectivity index (χ3v) is 2.45. The second kappa shape index (κ2) is 6.74. The third-order valence-electron chi connectivity index (χ3n) is 1.88. The highest BCUT2D eigenvalue weighted by Crippen LogP contribution is 2.12. The molecule has 0 amide bonds. The summed E-state index contributed by atoms with van der Waals surface area (Å²) in [5.41, 5.74) is 1.14. The molecule has 0 spiro atoms. The number of thioether (sulfide) groups is 1. The molecule has 1 aromatic rings. The Labute approximate surface area is 89.3 Å². The van der Waals surface area contributed by atoms with E-state index in [0.29, 0.717) is 6.42 Å². The minimum Gasteiger partial charge on any atom is -0.493 e. The molecule has 0 fully saturated rings. The van der Waals surface area contributed by atoms with Crippen LogP contribution < -0.4 is 4.74 Å². The molecule has 0 saturated carbocycles. The number of rotatable bonds is 6. The Kier molecular flexibility index (Phi) is 5.49. The summed E-state index contributed by atoms with van der Waals surface area (Å²) in [5.74, 6) is 1.92. The molecule has 0 aliphatic carbocycles. The van der Waals surface area contributed by atoms with Gasteiger partial charge in [0, 0.05) is 12.4 Å². The van der Waals surface area contributed by atoms with E-state index in [2.05, 4.69) is 6.26 Å². The van der Waals surface area contributed by atoms with Gasteiger partial charge in [-0.1, -0.05) is 12.1 Å². The molecule has 1 aromatic carbocycles. The normalized spacial score (nSPS) is 10.1. The Balaban J connectivity index is 2.38. The zero-order valence-corrected chi connectivity index (χ0v) is 9.22. The van der Waals surface area contributed by atoms with Crippen molar-refractivity contribution in [3.05, 3.63) is 29.8 Å². The number of aliphatic hydroxyl groups excluding tert-OH is 1. The van der Waals surface area contributed by atoms with E-state index in [4.69, 9.17) is 9.84 Å². The quantitative estimate of drug-likeness (QED) is 0.731. The fourth-order valence-electron chi connectivity index (χ4n) is 1.12. The van der Waals surface area contributed by atoms with E-state index in [1.807, 2.05) is 24.3 Å². The van der Waals surface area contributed by atoms with Crippen molar-refractivity contribution in [3.8, 4) is 5.75 Å². The highest BCUT2D eigenvalue weighted by Gasteiger charge is 1.94. The van der Waals surface area contributed by atoms with Crippen molar-refractivity contribution in [2.75, 3.05) is 25.2 Å². The van der Waals surface area contributed by atoms with Gasteiger partial charge >= 0.3 is 0 Å². The van der Waals surface area contributed by atoms with Crippen LogP contribution >= 0.6 is 11.8 Å². The van der Waals surface area contributed by atoms with Crippen molar-refractivity contribution < 1.29 is 9.84 Å². The van der Waals surface area contributed by atoms with Crippen LogP contribution in [0.4, 0.5) is 0 Å². The van der Waals surface area contributed by atoms with Crippen molar-refractivity contribution in [3.63, 3.8) is 0 Å². The lowest BCUT2D eigenvalue weighted by Crippen LogP contribution is -1.99. The molecule has 0 aliphatic rings. The molecule has 0 aliphatic heterocycles.